The number of carboxylic acid groups (broad SMARTS) is 1. The van der Waals surface area contributed by atoms with Crippen molar-refractivity contribution in [2.75, 3.05) is 0 Å². The Hall–Kier alpha value is -3.20. The zero-order valence-electron chi connectivity index (χ0n) is 12.0. The predicted octanol–water partition coefficient (Wildman–Crippen LogP) is 2.12. The van der Waals surface area contributed by atoms with Crippen molar-refractivity contribution in [1.82, 2.24) is 5.32 Å². The van der Waals surface area contributed by atoms with Crippen LogP contribution in [0.4, 0.5) is 4.39 Å². The minimum atomic E-state index is -1.18. The minimum absolute atomic E-state index is 0.0774. The molecule has 2 rings (SSSR count). The number of carbonyl (C=O) groups excluding carboxylic acids is 1. The van der Waals surface area contributed by atoms with Crippen molar-refractivity contribution in [3.05, 3.63) is 71.0 Å². The number of rotatable bonds is 5. The van der Waals surface area contributed by atoms with E-state index in [9.17, 15) is 19.1 Å². The average Bonchev–Trinajstić information content (AvgIpc) is 2.55. The first-order chi connectivity index (χ1) is 11.0. The summed E-state index contributed by atoms with van der Waals surface area (Å²) >= 11 is 0. The average molecular weight is 312 g/mol. The second-order valence-electron chi connectivity index (χ2n) is 4.88. The molecule has 0 spiro atoms. The van der Waals surface area contributed by atoms with Crippen molar-refractivity contribution in [2.45, 2.75) is 12.5 Å². The molecule has 1 atom stereocenters. The fourth-order valence-electron chi connectivity index (χ4n) is 1.99. The normalized spacial score (nSPS) is 11.3. The Balaban J connectivity index is 2.09. The topological polar surface area (TPSA) is 90.2 Å². The number of hydrogen-bond acceptors (Lipinski definition) is 3. The van der Waals surface area contributed by atoms with Crippen LogP contribution in [-0.4, -0.2) is 23.0 Å². The number of halogens is 1. The van der Waals surface area contributed by atoms with E-state index in [1.165, 1.54) is 12.1 Å². The number of carbonyl (C=O) groups is 2. The molecule has 0 heterocycles. The first kappa shape index (κ1) is 16.2. The molecule has 0 aliphatic rings. The van der Waals surface area contributed by atoms with Gasteiger partial charge in [0.15, 0.2) is 0 Å². The number of amides is 1. The van der Waals surface area contributed by atoms with Crippen molar-refractivity contribution in [2.24, 2.45) is 0 Å². The predicted molar refractivity (Wildman–Crippen MR) is 80.2 cm³/mol. The van der Waals surface area contributed by atoms with Gasteiger partial charge in [0.25, 0.3) is 5.91 Å². The Morgan fingerprint density at radius 2 is 1.74 bits per heavy atom. The van der Waals surface area contributed by atoms with Crippen molar-refractivity contribution in [3.63, 3.8) is 0 Å². The van der Waals surface area contributed by atoms with Gasteiger partial charge in [0.05, 0.1) is 11.6 Å². The van der Waals surface area contributed by atoms with E-state index in [0.717, 1.165) is 12.1 Å². The molecule has 1 amide bonds. The SMILES string of the molecule is N#Cc1ccc(C[C@H](NC(=O)c2ccc(F)cc2)C(=O)O)cc1. The summed E-state index contributed by atoms with van der Waals surface area (Å²) in [4.78, 5) is 23.3. The van der Waals surface area contributed by atoms with Gasteiger partial charge in [-0.1, -0.05) is 12.1 Å². The number of benzene rings is 2. The van der Waals surface area contributed by atoms with Crippen molar-refractivity contribution in [1.29, 1.82) is 5.26 Å². The molecule has 5 nitrogen and oxygen atoms in total. The highest BCUT2D eigenvalue weighted by Crippen LogP contribution is 2.08. The van der Waals surface area contributed by atoms with Crippen LogP contribution in [0.2, 0.25) is 0 Å². The van der Waals surface area contributed by atoms with Crippen LogP contribution >= 0.6 is 0 Å². The fraction of sp³-hybridized carbons (Fsp3) is 0.118. The third-order valence-electron chi connectivity index (χ3n) is 3.23. The van der Waals surface area contributed by atoms with E-state index in [1.54, 1.807) is 24.3 Å². The van der Waals surface area contributed by atoms with E-state index in [1.807, 2.05) is 6.07 Å². The van der Waals surface area contributed by atoms with Gasteiger partial charge in [-0.05, 0) is 42.0 Å². The van der Waals surface area contributed by atoms with Gasteiger partial charge in [0.1, 0.15) is 11.9 Å². The van der Waals surface area contributed by atoms with E-state index >= 15 is 0 Å². The maximum Gasteiger partial charge on any atom is 0.326 e. The molecule has 0 fully saturated rings. The molecule has 2 N–H and O–H groups in total. The van der Waals surface area contributed by atoms with Crippen LogP contribution in [0.1, 0.15) is 21.5 Å². The smallest absolute Gasteiger partial charge is 0.326 e. The molecule has 2 aromatic rings. The second kappa shape index (κ2) is 7.18. The van der Waals surface area contributed by atoms with Crippen LogP contribution in [-0.2, 0) is 11.2 Å². The molecule has 2 aromatic carbocycles. The lowest BCUT2D eigenvalue weighted by Crippen LogP contribution is -2.42. The lowest BCUT2D eigenvalue weighted by atomic mass is 10.0. The summed E-state index contributed by atoms with van der Waals surface area (Å²) in [5, 5.41) is 20.4. The maximum atomic E-state index is 12.8. The number of hydrogen-bond donors (Lipinski definition) is 2. The van der Waals surface area contributed by atoms with Crippen LogP contribution in [0.3, 0.4) is 0 Å². The molecule has 23 heavy (non-hydrogen) atoms. The van der Waals surface area contributed by atoms with E-state index in [-0.39, 0.29) is 12.0 Å². The largest absolute Gasteiger partial charge is 0.480 e. The van der Waals surface area contributed by atoms with E-state index in [0.29, 0.717) is 11.1 Å². The minimum Gasteiger partial charge on any atom is -0.480 e. The molecule has 0 bridgehead atoms. The molecule has 0 aliphatic carbocycles. The van der Waals surface area contributed by atoms with Crippen LogP contribution < -0.4 is 5.32 Å². The standard InChI is InChI=1S/C17H13FN2O3/c18-14-7-5-13(6-8-14)16(21)20-15(17(22)23)9-11-1-3-12(10-19)4-2-11/h1-8,15H,9H2,(H,20,21)(H,22,23)/t15-/m0/s1. The third kappa shape index (κ3) is 4.38. The summed E-state index contributed by atoms with van der Waals surface area (Å²) < 4.78 is 12.8. The summed E-state index contributed by atoms with van der Waals surface area (Å²) in [5.74, 6) is -2.25. The molecule has 0 unspecified atom stereocenters. The Kier molecular flexibility index (Phi) is 5.05. The van der Waals surface area contributed by atoms with Gasteiger partial charge in [-0.2, -0.15) is 5.26 Å². The molecule has 116 valence electrons. The van der Waals surface area contributed by atoms with Crippen LogP contribution in [0.5, 0.6) is 0 Å². The Morgan fingerprint density at radius 3 is 2.26 bits per heavy atom. The summed E-state index contributed by atoms with van der Waals surface area (Å²) in [6.07, 6.45) is 0.0774. The molecule has 0 aromatic heterocycles. The Bertz CT molecular complexity index is 749. The van der Waals surface area contributed by atoms with Crippen LogP contribution in [0.25, 0.3) is 0 Å². The van der Waals surface area contributed by atoms with Gasteiger partial charge in [0.2, 0.25) is 0 Å². The molecule has 0 radical (unpaired) electrons. The van der Waals surface area contributed by atoms with Gasteiger partial charge < -0.3 is 10.4 Å². The first-order valence-electron chi connectivity index (χ1n) is 6.78. The maximum absolute atomic E-state index is 12.8. The molecular weight excluding hydrogens is 299 g/mol. The summed E-state index contributed by atoms with van der Waals surface area (Å²) in [7, 11) is 0. The van der Waals surface area contributed by atoms with Crippen molar-refractivity contribution in [3.8, 4) is 6.07 Å². The Morgan fingerprint density at radius 1 is 1.13 bits per heavy atom. The number of nitrogens with zero attached hydrogens (tertiary/aromatic N) is 1. The highest BCUT2D eigenvalue weighted by Gasteiger charge is 2.21. The molecular formula is C17H13FN2O3. The summed E-state index contributed by atoms with van der Waals surface area (Å²) in [5.41, 5.74) is 1.32. The van der Waals surface area contributed by atoms with Gasteiger partial charge in [-0.25, -0.2) is 9.18 Å². The highest BCUT2D eigenvalue weighted by atomic mass is 19.1. The number of nitriles is 1. The Labute approximate surface area is 132 Å². The van der Waals surface area contributed by atoms with E-state index in [4.69, 9.17) is 5.26 Å². The molecule has 0 saturated heterocycles. The third-order valence-corrected chi connectivity index (χ3v) is 3.23. The number of nitrogens with one attached hydrogen (secondary N) is 1. The van der Waals surface area contributed by atoms with Gasteiger partial charge in [-0.3, -0.25) is 4.79 Å². The highest BCUT2D eigenvalue weighted by molar-refractivity contribution is 5.96. The zero-order valence-corrected chi connectivity index (χ0v) is 12.0. The molecule has 0 saturated carbocycles. The number of aliphatic carboxylic acids is 1. The second-order valence-corrected chi connectivity index (χ2v) is 4.88. The van der Waals surface area contributed by atoms with Crippen molar-refractivity contribution < 1.29 is 19.1 Å². The monoisotopic (exact) mass is 312 g/mol. The summed E-state index contributed by atoms with van der Waals surface area (Å²) in [6.45, 7) is 0. The van der Waals surface area contributed by atoms with E-state index in [2.05, 4.69) is 5.32 Å². The number of carboxylic acids is 1. The fourth-order valence-corrected chi connectivity index (χ4v) is 1.99. The van der Waals surface area contributed by atoms with Crippen molar-refractivity contribution >= 4 is 11.9 Å². The van der Waals surface area contributed by atoms with Gasteiger partial charge in [-0.15, -0.1) is 0 Å². The zero-order chi connectivity index (χ0) is 16.8. The van der Waals surface area contributed by atoms with Gasteiger partial charge >= 0.3 is 5.97 Å². The lowest BCUT2D eigenvalue weighted by molar-refractivity contribution is -0.139. The lowest BCUT2D eigenvalue weighted by Gasteiger charge is -2.14. The van der Waals surface area contributed by atoms with Crippen LogP contribution in [0.15, 0.2) is 48.5 Å². The summed E-state index contributed by atoms with van der Waals surface area (Å²) in [6, 6.07) is 12.1. The quantitative estimate of drug-likeness (QED) is 0.885. The van der Waals surface area contributed by atoms with Gasteiger partial charge in [0, 0.05) is 12.0 Å². The molecule has 6 heteroatoms. The first-order valence-corrected chi connectivity index (χ1v) is 6.78. The van der Waals surface area contributed by atoms with Crippen LogP contribution in [0, 0.1) is 17.1 Å². The molecule has 0 aliphatic heterocycles. The van der Waals surface area contributed by atoms with E-state index < -0.39 is 23.7 Å².